The lowest BCUT2D eigenvalue weighted by Gasteiger charge is -2.05. The lowest BCUT2D eigenvalue weighted by Crippen LogP contribution is -2.05. The van der Waals surface area contributed by atoms with Crippen LogP contribution in [0.25, 0.3) is 10.1 Å². The molecule has 0 aliphatic carbocycles. The summed E-state index contributed by atoms with van der Waals surface area (Å²) in [5.74, 6) is 1.95. The molecule has 17 heavy (non-hydrogen) atoms. The van der Waals surface area contributed by atoms with Crippen molar-refractivity contribution in [2.45, 2.75) is 6.42 Å². The summed E-state index contributed by atoms with van der Waals surface area (Å²) in [7, 11) is 0. The van der Waals surface area contributed by atoms with Gasteiger partial charge in [-0.3, -0.25) is 0 Å². The number of rotatable bonds is 4. The number of aromatic nitrogens is 1. The van der Waals surface area contributed by atoms with E-state index in [-0.39, 0.29) is 0 Å². The second-order valence-corrected chi connectivity index (χ2v) is 4.70. The van der Waals surface area contributed by atoms with E-state index in [1.807, 2.05) is 24.4 Å². The molecule has 1 N–H and O–H groups in total. The zero-order valence-corrected chi connectivity index (χ0v) is 10.0. The van der Waals surface area contributed by atoms with Crippen molar-refractivity contribution in [2.75, 3.05) is 11.9 Å². The molecule has 86 valence electrons. The van der Waals surface area contributed by atoms with Gasteiger partial charge in [-0.25, -0.2) is 4.98 Å². The van der Waals surface area contributed by atoms with E-state index < -0.39 is 0 Å². The molecule has 0 amide bonds. The number of anilines is 1. The van der Waals surface area contributed by atoms with Crippen LogP contribution in [-0.2, 0) is 6.42 Å². The molecule has 0 aromatic carbocycles. The normalized spacial score (nSPS) is 10.8. The van der Waals surface area contributed by atoms with E-state index >= 15 is 0 Å². The Balaban J connectivity index is 1.70. The van der Waals surface area contributed by atoms with Crippen LogP contribution in [0.5, 0.6) is 0 Å². The van der Waals surface area contributed by atoms with Crippen LogP contribution in [0.15, 0.2) is 46.5 Å². The molecule has 3 rings (SSSR count). The predicted octanol–water partition coefficient (Wildman–Crippen LogP) is 3.54. The number of nitrogens with one attached hydrogen (secondary N) is 1. The highest BCUT2D eigenvalue weighted by atomic mass is 32.1. The van der Waals surface area contributed by atoms with Gasteiger partial charge in [-0.05, 0) is 29.6 Å². The number of hydrogen-bond donors (Lipinski definition) is 1. The van der Waals surface area contributed by atoms with E-state index in [1.54, 1.807) is 17.6 Å². The summed E-state index contributed by atoms with van der Waals surface area (Å²) in [6.07, 6.45) is 4.41. The zero-order chi connectivity index (χ0) is 11.5. The minimum atomic E-state index is 0.829. The van der Waals surface area contributed by atoms with E-state index in [4.69, 9.17) is 4.42 Å². The van der Waals surface area contributed by atoms with E-state index in [2.05, 4.69) is 21.7 Å². The Morgan fingerprint density at radius 2 is 2.29 bits per heavy atom. The quantitative estimate of drug-likeness (QED) is 0.762. The fourth-order valence-corrected chi connectivity index (χ4v) is 2.58. The SMILES string of the molecule is c1coc(CCNc2nccc3sccc23)c1. The Morgan fingerprint density at radius 1 is 1.29 bits per heavy atom. The molecule has 0 bridgehead atoms. The van der Waals surface area contributed by atoms with Crippen molar-refractivity contribution in [3.05, 3.63) is 47.9 Å². The fourth-order valence-electron chi connectivity index (χ4n) is 1.79. The summed E-state index contributed by atoms with van der Waals surface area (Å²) in [6, 6.07) is 8.04. The molecule has 0 aliphatic rings. The smallest absolute Gasteiger partial charge is 0.134 e. The topological polar surface area (TPSA) is 38.1 Å². The van der Waals surface area contributed by atoms with Crippen LogP contribution in [-0.4, -0.2) is 11.5 Å². The number of nitrogens with zero attached hydrogens (tertiary/aromatic N) is 1. The summed E-state index contributed by atoms with van der Waals surface area (Å²) >= 11 is 1.73. The van der Waals surface area contributed by atoms with Crippen LogP contribution in [0.3, 0.4) is 0 Å². The van der Waals surface area contributed by atoms with Crippen molar-refractivity contribution in [1.29, 1.82) is 0 Å². The van der Waals surface area contributed by atoms with Crippen molar-refractivity contribution in [3.63, 3.8) is 0 Å². The van der Waals surface area contributed by atoms with Crippen LogP contribution in [0.2, 0.25) is 0 Å². The average Bonchev–Trinajstić information content (AvgIpc) is 2.99. The zero-order valence-electron chi connectivity index (χ0n) is 9.22. The number of thiophene rings is 1. The Hall–Kier alpha value is -1.81. The first-order valence-electron chi connectivity index (χ1n) is 5.52. The van der Waals surface area contributed by atoms with Crippen LogP contribution in [0.4, 0.5) is 5.82 Å². The maximum absolute atomic E-state index is 5.29. The Bertz CT molecular complexity index is 601. The van der Waals surface area contributed by atoms with Gasteiger partial charge >= 0.3 is 0 Å². The van der Waals surface area contributed by atoms with Gasteiger partial charge in [0.2, 0.25) is 0 Å². The predicted molar refractivity (Wildman–Crippen MR) is 70.5 cm³/mol. The standard InChI is InChI=1S/C13H12N2OS/c1-2-10(16-8-1)3-6-14-13-11-5-9-17-12(11)4-7-15-13/h1-2,4-5,7-9H,3,6H2,(H,14,15). The lowest BCUT2D eigenvalue weighted by molar-refractivity contribution is 0.513. The molecule has 0 spiro atoms. The lowest BCUT2D eigenvalue weighted by atomic mass is 10.3. The molecule has 0 saturated carbocycles. The molecule has 3 nitrogen and oxygen atoms in total. The van der Waals surface area contributed by atoms with Crippen molar-refractivity contribution < 1.29 is 4.42 Å². The highest BCUT2D eigenvalue weighted by molar-refractivity contribution is 7.17. The number of fused-ring (bicyclic) bond motifs is 1. The van der Waals surface area contributed by atoms with Crippen LogP contribution in [0, 0.1) is 0 Å². The summed E-state index contributed by atoms with van der Waals surface area (Å²) in [4.78, 5) is 4.36. The molecule has 3 aromatic rings. The third kappa shape index (κ3) is 2.17. The van der Waals surface area contributed by atoms with Crippen molar-refractivity contribution in [2.24, 2.45) is 0 Å². The largest absolute Gasteiger partial charge is 0.469 e. The van der Waals surface area contributed by atoms with Crippen LogP contribution in [0.1, 0.15) is 5.76 Å². The second-order valence-electron chi connectivity index (χ2n) is 3.75. The maximum atomic E-state index is 5.29. The van der Waals surface area contributed by atoms with E-state index in [1.165, 1.54) is 10.1 Å². The molecule has 0 atom stereocenters. The molecule has 0 radical (unpaired) electrons. The van der Waals surface area contributed by atoms with E-state index in [0.29, 0.717) is 0 Å². The Labute approximate surface area is 103 Å². The Kier molecular flexibility index (Phi) is 2.80. The summed E-state index contributed by atoms with van der Waals surface area (Å²) in [5.41, 5.74) is 0. The third-order valence-electron chi connectivity index (χ3n) is 2.62. The Morgan fingerprint density at radius 3 is 3.18 bits per heavy atom. The van der Waals surface area contributed by atoms with Crippen molar-refractivity contribution in [3.8, 4) is 0 Å². The monoisotopic (exact) mass is 244 g/mol. The first kappa shape index (κ1) is 10.4. The summed E-state index contributed by atoms with van der Waals surface area (Å²) in [5, 5.41) is 6.63. The van der Waals surface area contributed by atoms with Crippen molar-refractivity contribution >= 4 is 27.2 Å². The first-order valence-corrected chi connectivity index (χ1v) is 6.40. The average molecular weight is 244 g/mol. The van der Waals surface area contributed by atoms with Gasteiger partial charge in [0, 0.05) is 29.2 Å². The third-order valence-corrected chi connectivity index (χ3v) is 3.51. The van der Waals surface area contributed by atoms with Crippen molar-refractivity contribution in [1.82, 2.24) is 4.98 Å². The summed E-state index contributed by atoms with van der Waals surface area (Å²) in [6.45, 7) is 0.829. The molecular weight excluding hydrogens is 232 g/mol. The van der Waals surface area contributed by atoms with E-state index in [0.717, 1.165) is 24.5 Å². The second kappa shape index (κ2) is 4.59. The fraction of sp³-hybridized carbons (Fsp3) is 0.154. The first-order chi connectivity index (χ1) is 8.43. The van der Waals surface area contributed by atoms with E-state index in [9.17, 15) is 0 Å². The molecule has 0 saturated heterocycles. The molecule has 0 unspecified atom stereocenters. The molecule has 0 aliphatic heterocycles. The minimum absolute atomic E-state index is 0.829. The number of pyridine rings is 1. The molecule has 3 heterocycles. The highest BCUT2D eigenvalue weighted by Gasteiger charge is 2.02. The maximum Gasteiger partial charge on any atom is 0.134 e. The number of hydrogen-bond acceptors (Lipinski definition) is 4. The minimum Gasteiger partial charge on any atom is -0.469 e. The van der Waals surface area contributed by atoms with Gasteiger partial charge < -0.3 is 9.73 Å². The van der Waals surface area contributed by atoms with Gasteiger partial charge in [0.05, 0.1) is 6.26 Å². The van der Waals surface area contributed by atoms with Crippen LogP contribution < -0.4 is 5.32 Å². The van der Waals surface area contributed by atoms with Gasteiger partial charge in [0.25, 0.3) is 0 Å². The molecule has 4 heteroatoms. The summed E-state index contributed by atoms with van der Waals surface area (Å²) < 4.78 is 6.55. The van der Waals surface area contributed by atoms with Gasteiger partial charge in [0.15, 0.2) is 0 Å². The molecular formula is C13H12N2OS. The van der Waals surface area contributed by atoms with Gasteiger partial charge in [-0.1, -0.05) is 0 Å². The van der Waals surface area contributed by atoms with Crippen LogP contribution >= 0.6 is 11.3 Å². The number of furan rings is 1. The highest BCUT2D eigenvalue weighted by Crippen LogP contribution is 2.25. The van der Waals surface area contributed by atoms with Gasteiger partial charge in [0.1, 0.15) is 11.6 Å². The molecule has 0 fully saturated rings. The van der Waals surface area contributed by atoms with Gasteiger partial charge in [-0.2, -0.15) is 0 Å². The van der Waals surface area contributed by atoms with Gasteiger partial charge in [-0.15, -0.1) is 11.3 Å². The molecule has 3 aromatic heterocycles.